The molecular formula is C19H17NO6. The molecule has 0 unspecified atom stereocenters. The summed E-state index contributed by atoms with van der Waals surface area (Å²) in [7, 11) is 0. The number of rotatable bonds is 6. The monoisotopic (exact) mass is 355 g/mol. The fourth-order valence-corrected chi connectivity index (χ4v) is 2.56. The summed E-state index contributed by atoms with van der Waals surface area (Å²) in [4.78, 5) is 22.3. The van der Waals surface area contributed by atoms with Gasteiger partial charge < -0.3 is 24.4 Å². The zero-order valence-corrected chi connectivity index (χ0v) is 14.0. The first-order chi connectivity index (χ1) is 12.5. The molecule has 0 saturated carbocycles. The van der Waals surface area contributed by atoms with Crippen molar-refractivity contribution in [1.82, 2.24) is 0 Å². The highest BCUT2D eigenvalue weighted by molar-refractivity contribution is 5.90. The molecule has 7 nitrogen and oxygen atoms in total. The van der Waals surface area contributed by atoms with E-state index in [0.29, 0.717) is 17.3 Å². The van der Waals surface area contributed by atoms with Crippen LogP contribution in [0.15, 0.2) is 56.1 Å². The van der Waals surface area contributed by atoms with Crippen molar-refractivity contribution in [2.75, 3.05) is 0 Å². The van der Waals surface area contributed by atoms with Crippen LogP contribution in [-0.4, -0.2) is 11.1 Å². The first kappa shape index (κ1) is 17.5. The smallest absolute Gasteiger partial charge is 0.485 e. The average molecular weight is 355 g/mol. The molecule has 3 N–H and O–H groups in total. The Hall–Kier alpha value is -3.32. The van der Waals surface area contributed by atoms with E-state index in [1.165, 1.54) is 6.07 Å². The molecule has 1 aromatic heterocycles. The molecule has 3 rings (SSSR count). The van der Waals surface area contributed by atoms with Crippen molar-refractivity contribution in [2.45, 2.75) is 20.1 Å². The maximum Gasteiger partial charge on any atom is 0.519 e. The summed E-state index contributed by atoms with van der Waals surface area (Å²) < 4.78 is 15.3. The molecule has 0 bridgehead atoms. The van der Waals surface area contributed by atoms with Crippen LogP contribution in [0.2, 0.25) is 0 Å². The number of carboxylic acid groups (broad SMARTS) is 1. The second-order valence-electron chi connectivity index (χ2n) is 5.63. The molecule has 0 amide bonds. The van der Waals surface area contributed by atoms with Gasteiger partial charge in [-0.15, -0.1) is 0 Å². The Kier molecular flexibility index (Phi) is 4.90. The van der Waals surface area contributed by atoms with E-state index < -0.39 is 11.8 Å². The van der Waals surface area contributed by atoms with Crippen molar-refractivity contribution in [3.05, 3.63) is 75.7 Å². The Balaban J connectivity index is 1.89. The Labute approximate surface area is 148 Å². The Morgan fingerprint density at radius 2 is 2.00 bits per heavy atom. The minimum absolute atomic E-state index is 0.0416. The summed E-state index contributed by atoms with van der Waals surface area (Å²) in [6, 6.07) is 12.0. The van der Waals surface area contributed by atoms with E-state index in [0.717, 1.165) is 16.7 Å². The highest BCUT2D eigenvalue weighted by Gasteiger charge is 2.12. The van der Waals surface area contributed by atoms with Crippen LogP contribution in [0.3, 0.4) is 0 Å². The predicted molar refractivity (Wildman–Crippen MR) is 93.0 cm³/mol. The fraction of sp³-hybridized carbons (Fsp3) is 0.158. The number of benzene rings is 2. The molecule has 0 aliphatic heterocycles. The zero-order valence-electron chi connectivity index (χ0n) is 14.0. The molecule has 0 radical (unpaired) electrons. The standard InChI is InChI=1S/C19H17NO6/c1-11-17(26-19(23)25-11)10-24-15-4-2-3-12(7-15)16-8-13(18(21)22)5-6-14(16)9-20/h2-8H,9-10,20H2,1H3,(H,21,22). The number of hydrogen-bond donors (Lipinski definition) is 2. The van der Waals surface area contributed by atoms with Gasteiger partial charge in [-0.2, -0.15) is 0 Å². The summed E-state index contributed by atoms with van der Waals surface area (Å²) in [6.07, 6.45) is 0. The van der Waals surface area contributed by atoms with Crippen LogP contribution in [0.5, 0.6) is 5.75 Å². The number of ether oxygens (including phenoxy) is 1. The molecule has 26 heavy (non-hydrogen) atoms. The van der Waals surface area contributed by atoms with Crippen LogP contribution in [0.1, 0.15) is 27.4 Å². The number of nitrogens with two attached hydrogens (primary N) is 1. The largest absolute Gasteiger partial charge is 0.519 e. The van der Waals surface area contributed by atoms with Crippen LogP contribution >= 0.6 is 0 Å². The molecule has 0 atom stereocenters. The van der Waals surface area contributed by atoms with E-state index in [2.05, 4.69) is 0 Å². The molecule has 3 aromatic rings. The molecule has 0 aliphatic rings. The first-order valence-corrected chi connectivity index (χ1v) is 7.87. The predicted octanol–water partition coefficient (Wildman–Crippen LogP) is 2.94. The maximum absolute atomic E-state index is 11.2. The van der Waals surface area contributed by atoms with Gasteiger partial charge in [-0.3, -0.25) is 0 Å². The molecule has 7 heteroatoms. The molecule has 134 valence electrons. The Bertz CT molecular complexity index is 1000. The SMILES string of the molecule is Cc1oc(=O)oc1COc1cccc(-c2cc(C(=O)O)ccc2CN)c1. The van der Waals surface area contributed by atoms with E-state index in [4.69, 9.17) is 19.3 Å². The van der Waals surface area contributed by atoms with Crippen molar-refractivity contribution in [2.24, 2.45) is 5.73 Å². The number of carboxylic acids is 1. The lowest BCUT2D eigenvalue weighted by Crippen LogP contribution is -2.03. The Morgan fingerprint density at radius 3 is 2.65 bits per heavy atom. The van der Waals surface area contributed by atoms with Crippen LogP contribution < -0.4 is 16.3 Å². The van der Waals surface area contributed by atoms with Gasteiger partial charge in [0, 0.05) is 6.54 Å². The zero-order chi connectivity index (χ0) is 18.7. The third-order valence-corrected chi connectivity index (χ3v) is 3.93. The van der Waals surface area contributed by atoms with Gasteiger partial charge in [0.15, 0.2) is 11.5 Å². The van der Waals surface area contributed by atoms with Crippen molar-refractivity contribution in [3.63, 3.8) is 0 Å². The normalized spacial score (nSPS) is 10.7. The lowest BCUT2D eigenvalue weighted by Gasteiger charge is -2.11. The third-order valence-electron chi connectivity index (χ3n) is 3.93. The number of aromatic carboxylic acids is 1. The number of carbonyl (C=O) groups is 1. The second-order valence-corrected chi connectivity index (χ2v) is 5.63. The number of hydrogen-bond acceptors (Lipinski definition) is 6. The summed E-state index contributed by atoms with van der Waals surface area (Å²) in [6.45, 7) is 1.94. The molecule has 0 aliphatic carbocycles. The van der Waals surface area contributed by atoms with E-state index >= 15 is 0 Å². The lowest BCUT2D eigenvalue weighted by molar-refractivity contribution is 0.0697. The van der Waals surface area contributed by atoms with Crippen LogP contribution in [0.4, 0.5) is 0 Å². The van der Waals surface area contributed by atoms with Crippen LogP contribution in [-0.2, 0) is 13.2 Å². The molecule has 0 spiro atoms. The molecule has 1 heterocycles. The van der Waals surface area contributed by atoms with Crippen LogP contribution in [0, 0.1) is 6.92 Å². The van der Waals surface area contributed by atoms with Gasteiger partial charge in [0.2, 0.25) is 0 Å². The van der Waals surface area contributed by atoms with Crippen molar-refractivity contribution >= 4 is 5.97 Å². The van der Waals surface area contributed by atoms with Crippen molar-refractivity contribution in [3.8, 4) is 16.9 Å². The molecular weight excluding hydrogens is 338 g/mol. The lowest BCUT2D eigenvalue weighted by atomic mass is 9.97. The minimum Gasteiger partial charge on any atom is -0.485 e. The third kappa shape index (κ3) is 3.68. The van der Waals surface area contributed by atoms with Gasteiger partial charge in [0.1, 0.15) is 12.4 Å². The highest BCUT2D eigenvalue weighted by Crippen LogP contribution is 2.28. The summed E-state index contributed by atoms with van der Waals surface area (Å²) in [5.74, 6) is -0.559. The topological polar surface area (TPSA) is 116 Å². The van der Waals surface area contributed by atoms with E-state index in [1.54, 1.807) is 37.3 Å². The van der Waals surface area contributed by atoms with E-state index in [1.807, 2.05) is 6.07 Å². The fourth-order valence-electron chi connectivity index (χ4n) is 2.56. The second kappa shape index (κ2) is 7.28. The highest BCUT2D eigenvalue weighted by atomic mass is 16.6. The molecule has 0 saturated heterocycles. The van der Waals surface area contributed by atoms with Crippen LogP contribution in [0.25, 0.3) is 11.1 Å². The minimum atomic E-state index is -1.01. The van der Waals surface area contributed by atoms with Gasteiger partial charge in [0.25, 0.3) is 0 Å². The molecule has 2 aromatic carbocycles. The van der Waals surface area contributed by atoms with Crippen molar-refractivity contribution < 1.29 is 23.5 Å². The first-order valence-electron chi connectivity index (χ1n) is 7.87. The van der Waals surface area contributed by atoms with Gasteiger partial charge >= 0.3 is 11.8 Å². The van der Waals surface area contributed by atoms with E-state index in [9.17, 15) is 14.7 Å². The quantitative estimate of drug-likeness (QED) is 0.698. The van der Waals surface area contributed by atoms with Gasteiger partial charge in [0.05, 0.1) is 5.56 Å². The van der Waals surface area contributed by atoms with E-state index in [-0.39, 0.29) is 18.7 Å². The summed E-state index contributed by atoms with van der Waals surface area (Å²) in [5, 5.41) is 9.21. The summed E-state index contributed by atoms with van der Waals surface area (Å²) >= 11 is 0. The van der Waals surface area contributed by atoms with Gasteiger partial charge in [-0.25, -0.2) is 9.59 Å². The van der Waals surface area contributed by atoms with Crippen molar-refractivity contribution in [1.29, 1.82) is 0 Å². The average Bonchev–Trinajstić information content (AvgIpc) is 2.96. The Morgan fingerprint density at radius 1 is 1.19 bits per heavy atom. The maximum atomic E-state index is 11.2. The van der Waals surface area contributed by atoms with Gasteiger partial charge in [-0.1, -0.05) is 18.2 Å². The van der Waals surface area contributed by atoms with Gasteiger partial charge in [-0.05, 0) is 47.9 Å². The molecule has 0 fully saturated rings. The summed E-state index contributed by atoms with van der Waals surface area (Å²) in [5.41, 5.74) is 8.28. The number of aryl methyl sites for hydroxylation is 1.